The van der Waals surface area contributed by atoms with Crippen LogP contribution in [0.3, 0.4) is 0 Å². The lowest BCUT2D eigenvalue weighted by Gasteiger charge is -2.12. The fourth-order valence-electron chi connectivity index (χ4n) is 3.08. The molecule has 0 fully saturated rings. The molecule has 0 saturated carbocycles. The highest BCUT2D eigenvalue weighted by Crippen LogP contribution is 2.42. The van der Waals surface area contributed by atoms with Crippen LogP contribution in [-0.2, 0) is 10.1 Å². The van der Waals surface area contributed by atoms with Gasteiger partial charge in [0, 0.05) is 11.1 Å². The van der Waals surface area contributed by atoms with E-state index in [-0.39, 0.29) is 20.7 Å². The van der Waals surface area contributed by atoms with E-state index in [0.717, 1.165) is 35.6 Å². The molecule has 0 aliphatic rings. The molecule has 0 spiro atoms. The molecular weight excluding hydrogens is 496 g/mol. The minimum Gasteiger partial charge on any atom is -0.296 e. The van der Waals surface area contributed by atoms with Crippen LogP contribution in [0.5, 0.6) is 0 Å². The fourth-order valence-corrected chi connectivity index (χ4v) is 4.98. The number of amides is 1. The number of nitrogens with one attached hydrogen (secondary N) is 1. The minimum atomic E-state index is -4.61. The molecule has 0 aliphatic heterocycles. The topological polar surface area (TPSA) is 109 Å². The van der Waals surface area contributed by atoms with Gasteiger partial charge < -0.3 is 0 Å². The number of carbonyl (C=O) groups excluding carboxylic acids is 1. The summed E-state index contributed by atoms with van der Waals surface area (Å²) in [4.78, 5) is 11.8. The standard InChI is InChI=1S/C21H12ClF2N3O4S2/c22-18-15(33(29,30)31)10-9-12(16(18)11-5-2-1-3-6-11)20-26-27-21(32-20)25-19(28)17-13(23)7-4-8-14(17)24/h1-10H,(H,25,27,28)(H,29,30,31). The summed E-state index contributed by atoms with van der Waals surface area (Å²) in [5, 5.41) is 10.1. The first kappa shape index (κ1) is 22.9. The van der Waals surface area contributed by atoms with Gasteiger partial charge in [-0.05, 0) is 29.8 Å². The summed E-state index contributed by atoms with van der Waals surface area (Å²) >= 11 is 7.24. The van der Waals surface area contributed by atoms with Crippen molar-refractivity contribution in [2.75, 3.05) is 5.32 Å². The van der Waals surface area contributed by atoms with Crippen LogP contribution >= 0.6 is 22.9 Å². The quantitative estimate of drug-likeness (QED) is 0.355. The Bertz CT molecular complexity index is 1460. The Morgan fingerprint density at radius 1 is 0.970 bits per heavy atom. The van der Waals surface area contributed by atoms with Crippen LogP contribution in [0, 0.1) is 11.6 Å². The van der Waals surface area contributed by atoms with Gasteiger partial charge in [0.05, 0.1) is 5.02 Å². The van der Waals surface area contributed by atoms with Gasteiger partial charge in [0.2, 0.25) is 5.13 Å². The van der Waals surface area contributed by atoms with Crippen molar-refractivity contribution < 1.29 is 26.5 Å². The molecule has 0 radical (unpaired) electrons. The number of halogens is 3. The maximum Gasteiger partial charge on any atom is 0.296 e. The molecular formula is C21H12ClF2N3O4S2. The van der Waals surface area contributed by atoms with E-state index in [9.17, 15) is 26.5 Å². The predicted molar refractivity (Wildman–Crippen MR) is 120 cm³/mol. The third kappa shape index (κ3) is 4.62. The van der Waals surface area contributed by atoms with E-state index in [1.807, 2.05) is 0 Å². The van der Waals surface area contributed by atoms with Gasteiger partial charge in [0.1, 0.15) is 27.1 Å². The average Bonchev–Trinajstić information content (AvgIpc) is 3.21. The van der Waals surface area contributed by atoms with Gasteiger partial charge in [-0.3, -0.25) is 14.7 Å². The molecule has 1 heterocycles. The first-order valence-electron chi connectivity index (χ1n) is 9.11. The van der Waals surface area contributed by atoms with E-state index in [1.165, 1.54) is 6.07 Å². The number of aromatic nitrogens is 2. The Kier molecular flexibility index (Phi) is 6.21. The van der Waals surface area contributed by atoms with Gasteiger partial charge in [0.15, 0.2) is 0 Å². The second-order valence-electron chi connectivity index (χ2n) is 6.60. The van der Waals surface area contributed by atoms with E-state index < -0.39 is 38.1 Å². The maximum absolute atomic E-state index is 13.9. The molecule has 4 rings (SSSR count). The van der Waals surface area contributed by atoms with Crippen molar-refractivity contribution in [1.82, 2.24) is 10.2 Å². The fraction of sp³-hybridized carbons (Fsp3) is 0. The van der Waals surface area contributed by atoms with Crippen LogP contribution in [0.25, 0.3) is 21.7 Å². The monoisotopic (exact) mass is 507 g/mol. The Hall–Kier alpha value is -3.25. The summed E-state index contributed by atoms with van der Waals surface area (Å²) in [5.41, 5.74) is 0.409. The Morgan fingerprint density at radius 2 is 1.64 bits per heavy atom. The lowest BCUT2D eigenvalue weighted by Crippen LogP contribution is -2.15. The molecule has 7 nitrogen and oxygen atoms in total. The summed E-state index contributed by atoms with van der Waals surface area (Å²) in [6, 6.07) is 14.1. The Morgan fingerprint density at radius 3 is 2.27 bits per heavy atom. The number of hydrogen-bond donors (Lipinski definition) is 2. The van der Waals surface area contributed by atoms with Crippen molar-refractivity contribution in [3.63, 3.8) is 0 Å². The summed E-state index contributed by atoms with van der Waals surface area (Å²) in [5.74, 6) is -3.11. The van der Waals surface area contributed by atoms with Crippen molar-refractivity contribution in [3.8, 4) is 21.7 Å². The lowest BCUT2D eigenvalue weighted by atomic mass is 10.00. The summed E-state index contributed by atoms with van der Waals surface area (Å²) in [6.07, 6.45) is 0. The molecule has 168 valence electrons. The zero-order valence-corrected chi connectivity index (χ0v) is 18.7. The summed E-state index contributed by atoms with van der Waals surface area (Å²) < 4.78 is 60.7. The second-order valence-corrected chi connectivity index (χ2v) is 9.35. The number of benzene rings is 3. The molecule has 3 aromatic carbocycles. The van der Waals surface area contributed by atoms with E-state index >= 15 is 0 Å². The number of anilines is 1. The molecule has 4 aromatic rings. The molecule has 0 bridgehead atoms. The Labute approximate surface area is 195 Å². The van der Waals surface area contributed by atoms with Crippen molar-refractivity contribution in [2.45, 2.75) is 4.90 Å². The predicted octanol–water partition coefficient (Wildman–Crippen LogP) is 5.30. The van der Waals surface area contributed by atoms with E-state index in [1.54, 1.807) is 30.3 Å². The van der Waals surface area contributed by atoms with Gasteiger partial charge in [-0.15, -0.1) is 10.2 Å². The zero-order chi connectivity index (χ0) is 23.8. The second kappa shape index (κ2) is 8.94. The van der Waals surface area contributed by atoms with Crippen LogP contribution in [0.2, 0.25) is 5.02 Å². The van der Waals surface area contributed by atoms with Gasteiger partial charge in [-0.2, -0.15) is 8.42 Å². The van der Waals surface area contributed by atoms with Crippen LogP contribution in [0.1, 0.15) is 10.4 Å². The van der Waals surface area contributed by atoms with E-state index in [2.05, 4.69) is 15.5 Å². The maximum atomic E-state index is 13.9. The Balaban J connectivity index is 1.77. The highest BCUT2D eigenvalue weighted by atomic mass is 35.5. The molecule has 0 aliphatic carbocycles. The highest BCUT2D eigenvalue weighted by molar-refractivity contribution is 7.86. The number of carbonyl (C=O) groups is 1. The van der Waals surface area contributed by atoms with Crippen LogP contribution in [0.4, 0.5) is 13.9 Å². The third-order valence-electron chi connectivity index (χ3n) is 4.51. The SMILES string of the molecule is O=C(Nc1nnc(-c2ccc(S(=O)(=O)O)c(Cl)c2-c2ccccc2)s1)c1c(F)cccc1F. The van der Waals surface area contributed by atoms with Crippen LogP contribution in [-0.4, -0.2) is 29.1 Å². The van der Waals surface area contributed by atoms with E-state index in [0.29, 0.717) is 11.1 Å². The van der Waals surface area contributed by atoms with E-state index in [4.69, 9.17) is 11.6 Å². The molecule has 33 heavy (non-hydrogen) atoms. The highest BCUT2D eigenvalue weighted by Gasteiger charge is 2.24. The number of rotatable bonds is 5. The van der Waals surface area contributed by atoms with Crippen molar-refractivity contribution in [2.24, 2.45) is 0 Å². The van der Waals surface area contributed by atoms with Crippen molar-refractivity contribution >= 4 is 44.1 Å². The largest absolute Gasteiger partial charge is 0.296 e. The van der Waals surface area contributed by atoms with Gasteiger partial charge in [0.25, 0.3) is 16.0 Å². The molecule has 0 unspecified atom stereocenters. The summed E-state index contributed by atoms with van der Waals surface area (Å²) in [6.45, 7) is 0. The molecule has 1 amide bonds. The molecule has 1 aromatic heterocycles. The van der Waals surface area contributed by atoms with Gasteiger partial charge >= 0.3 is 0 Å². The minimum absolute atomic E-state index is 0.0494. The third-order valence-corrected chi connectivity index (χ3v) is 6.79. The normalized spacial score (nSPS) is 11.4. The molecule has 2 N–H and O–H groups in total. The lowest BCUT2D eigenvalue weighted by molar-refractivity contribution is 0.101. The number of hydrogen-bond acceptors (Lipinski definition) is 6. The first-order chi connectivity index (χ1) is 15.7. The van der Waals surface area contributed by atoms with Crippen molar-refractivity contribution in [1.29, 1.82) is 0 Å². The van der Waals surface area contributed by atoms with Gasteiger partial charge in [-0.25, -0.2) is 8.78 Å². The van der Waals surface area contributed by atoms with Gasteiger partial charge in [-0.1, -0.05) is 59.3 Å². The number of nitrogens with zero attached hydrogens (tertiary/aromatic N) is 2. The zero-order valence-electron chi connectivity index (χ0n) is 16.3. The van der Waals surface area contributed by atoms with Crippen LogP contribution in [0.15, 0.2) is 65.6 Å². The van der Waals surface area contributed by atoms with Crippen LogP contribution < -0.4 is 5.32 Å². The molecule has 12 heteroatoms. The smallest absolute Gasteiger partial charge is 0.296 e. The first-order valence-corrected chi connectivity index (χ1v) is 11.7. The van der Waals surface area contributed by atoms with Crippen molar-refractivity contribution in [3.05, 3.63) is 82.9 Å². The molecule has 0 saturated heterocycles. The average molecular weight is 508 g/mol. The summed E-state index contributed by atoms with van der Waals surface area (Å²) in [7, 11) is -4.61. The molecule has 0 atom stereocenters.